The van der Waals surface area contributed by atoms with Gasteiger partial charge in [0, 0.05) is 5.56 Å². The van der Waals surface area contributed by atoms with Gasteiger partial charge in [0.1, 0.15) is 6.61 Å². The summed E-state index contributed by atoms with van der Waals surface area (Å²) < 4.78 is 5.42. The molecule has 0 aliphatic carbocycles. The van der Waals surface area contributed by atoms with Crippen molar-refractivity contribution in [3.05, 3.63) is 77.9 Å². The summed E-state index contributed by atoms with van der Waals surface area (Å²) in [6.07, 6.45) is 4.05. The molecule has 0 bridgehead atoms. The van der Waals surface area contributed by atoms with E-state index in [0.29, 0.717) is 13.2 Å². The van der Waals surface area contributed by atoms with Gasteiger partial charge in [0.15, 0.2) is 0 Å². The molecular weight excluding hydrogens is 232 g/mol. The molecule has 0 aliphatic heterocycles. The monoisotopic (exact) mass is 248 g/mol. The number of hydrogen-bond acceptors (Lipinski definition) is 1. The van der Waals surface area contributed by atoms with Crippen molar-refractivity contribution in [1.82, 2.24) is 0 Å². The summed E-state index contributed by atoms with van der Waals surface area (Å²) >= 11 is 0. The van der Waals surface area contributed by atoms with Crippen molar-refractivity contribution >= 4 is 6.08 Å². The maximum absolute atomic E-state index is 5.42. The SMILES string of the molecule is C(#Cc1ccccc1)COC/C=C/c1ccccc1. The molecule has 0 saturated carbocycles. The second-order valence-corrected chi connectivity index (χ2v) is 4.00. The predicted molar refractivity (Wildman–Crippen MR) is 79.6 cm³/mol. The zero-order valence-electron chi connectivity index (χ0n) is 10.8. The van der Waals surface area contributed by atoms with Crippen molar-refractivity contribution in [1.29, 1.82) is 0 Å². The summed E-state index contributed by atoms with van der Waals surface area (Å²) in [5.74, 6) is 6.05. The summed E-state index contributed by atoms with van der Waals surface area (Å²) in [4.78, 5) is 0. The van der Waals surface area contributed by atoms with Gasteiger partial charge < -0.3 is 4.74 Å². The van der Waals surface area contributed by atoms with Crippen LogP contribution in [0.4, 0.5) is 0 Å². The quantitative estimate of drug-likeness (QED) is 0.591. The van der Waals surface area contributed by atoms with Crippen LogP contribution in [-0.4, -0.2) is 13.2 Å². The molecule has 0 unspecified atom stereocenters. The Labute approximate surface area is 114 Å². The number of rotatable bonds is 4. The van der Waals surface area contributed by atoms with Gasteiger partial charge >= 0.3 is 0 Å². The van der Waals surface area contributed by atoms with Gasteiger partial charge in [-0.3, -0.25) is 0 Å². The van der Waals surface area contributed by atoms with Crippen LogP contribution in [0.5, 0.6) is 0 Å². The molecule has 0 atom stereocenters. The molecule has 0 saturated heterocycles. The molecule has 0 N–H and O–H groups in total. The second kappa shape index (κ2) is 7.92. The minimum Gasteiger partial charge on any atom is -0.365 e. The lowest BCUT2D eigenvalue weighted by Gasteiger charge is -1.94. The molecule has 94 valence electrons. The standard InChI is InChI=1S/C18H16O/c1-3-9-17(10-4-1)13-7-15-19-16-8-14-18-11-5-2-6-12-18/h1-7,9-13H,15-16H2/b13-7+. The van der Waals surface area contributed by atoms with E-state index in [9.17, 15) is 0 Å². The van der Waals surface area contributed by atoms with E-state index in [-0.39, 0.29) is 0 Å². The van der Waals surface area contributed by atoms with Gasteiger partial charge in [0.2, 0.25) is 0 Å². The molecular formula is C18H16O. The van der Waals surface area contributed by atoms with Crippen molar-refractivity contribution in [3.8, 4) is 11.8 Å². The van der Waals surface area contributed by atoms with Crippen LogP contribution in [0.25, 0.3) is 6.08 Å². The first-order chi connectivity index (χ1) is 9.45. The van der Waals surface area contributed by atoms with Crippen LogP contribution in [0.3, 0.4) is 0 Å². The van der Waals surface area contributed by atoms with Gasteiger partial charge in [-0.2, -0.15) is 0 Å². The average molecular weight is 248 g/mol. The van der Waals surface area contributed by atoms with Gasteiger partial charge in [0.05, 0.1) is 6.61 Å². The Kier molecular flexibility index (Phi) is 5.48. The lowest BCUT2D eigenvalue weighted by molar-refractivity contribution is 0.199. The van der Waals surface area contributed by atoms with Crippen molar-refractivity contribution < 1.29 is 4.74 Å². The normalized spacial score (nSPS) is 10.1. The van der Waals surface area contributed by atoms with Crippen molar-refractivity contribution in [3.63, 3.8) is 0 Å². The van der Waals surface area contributed by atoms with E-state index in [0.717, 1.165) is 5.56 Å². The van der Waals surface area contributed by atoms with E-state index in [1.54, 1.807) is 0 Å². The average Bonchev–Trinajstić information content (AvgIpc) is 2.48. The third-order valence-corrected chi connectivity index (χ3v) is 2.50. The summed E-state index contributed by atoms with van der Waals surface area (Å²) in [6, 6.07) is 20.1. The Morgan fingerprint density at radius 3 is 2.32 bits per heavy atom. The Morgan fingerprint density at radius 2 is 1.58 bits per heavy atom. The van der Waals surface area contributed by atoms with Crippen LogP contribution in [0.2, 0.25) is 0 Å². The van der Waals surface area contributed by atoms with Crippen LogP contribution in [0, 0.1) is 11.8 Å². The Bertz CT molecular complexity index is 559. The van der Waals surface area contributed by atoms with E-state index in [1.807, 2.05) is 60.7 Å². The van der Waals surface area contributed by atoms with Crippen molar-refractivity contribution in [2.75, 3.05) is 13.2 Å². The maximum Gasteiger partial charge on any atom is 0.108 e. The molecule has 0 aromatic heterocycles. The third kappa shape index (κ3) is 5.25. The third-order valence-electron chi connectivity index (χ3n) is 2.50. The van der Waals surface area contributed by atoms with Crippen LogP contribution in [0.15, 0.2) is 66.7 Å². The van der Waals surface area contributed by atoms with E-state index < -0.39 is 0 Å². The van der Waals surface area contributed by atoms with Crippen LogP contribution in [-0.2, 0) is 4.74 Å². The largest absolute Gasteiger partial charge is 0.365 e. The molecule has 2 rings (SSSR count). The molecule has 0 heterocycles. The highest BCUT2D eigenvalue weighted by Gasteiger charge is 1.84. The zero-order chi connectivity index (χ0) is 13.2. The minimum absolute atomic E-state index is 0.452. The van der Waals surface area contributed by atoms with Crippen LogP contribution >= 0.6 is 0 Å². The van der Waals surface area contributed by atoms with E-state index in [2.05, 4.69) is 24.0 Å². The fourth-order valence-corrected chi connectivity index (χ4v) is 1.59. The smallest absolute Gasteiger partial charge is 0.108 e. The van der Waals surface area contributed by atoms with Gasteiger partial charge in [-0.15, -0.1) is 0 Å². The Morgan fingerprint density at radius 1 is 0.895 bits per heavy atom. The van der Waals surface area contributed by atoms with Gasteiger partial charge in [-0.1, -0.05) is 72.5 Å². The first kappa shape index (κ1) is 13.1. The van der Waals surface area contributed by atoms with E-state index in [1.165, 1.54) is 5.56 Å². The summed E-state index contributed by atoms with van der Waals surface area (Å²) in [5, 5.41) is 0. The fourth-order valence-electron chi connectivity index (χ4n) is 1.59. The van der Waals surface area contributed by atoms with Gasteiger partial charge in [-0.05, 0) is 17.7 Å². The number of ether oxygens (including phenoxy) is 1. The molecule has 19 heavy (non-hydrogen) atoms. The summed E-state index contributed by atoms with van der Waals surface area (Å²) in [5.41, 5.74) is 2.20. The van der Waals surface area contributed by atoms with Crippen LogP contribution < -0.4 is 0 Å². The first-order valence-electron chi connectivity index (χ1n) is 6.28. The molecule has 0 spiro atoms. The van der Waals surface area contributed by atoms with Crippen LogP contribution in [0.1, 0.15) is 11.1 Å². The molecule has 1 heteroatoms. The van der Waals surface area contributed by atoms with E-state index in [4.69, 9.17) is 4.74 Å². The number of benzene rings is 2. The summed E-state index contributed by atoms with van der Waals surface area (Å²) in [6.45, 7) is 1.03. The molecule has 1 nitrogen and oxygen atoms in total. The first-order valence-corrected chi connectivity index (χ1v) is 6.28. The molecule has 0 aliphatic rings. The topological polar surface area (TPSA) is 9.23 Å². The van der Waals surface area contributed by atoms with Crippen molar-refractivity contribution in [2.24, 2.45) is 0 Å². The maximum atomic E-state index is 5.42. The van der Waals surface area contributed by atoms with Gasteiger partial charge in [-0.25, -0.2) is 0 Å². The summed E-state index contributed by atoms with van der Waals surface area (Å²) in [7, 11) is 0. The predicted octanol–water partition coefficient (Wildman–Crippen LogP) is 3.77. The van der Waals surface area contributed by atoms with Crippen molar-refractivity contribution in [2.45, 2.75) is 0 Å². The highest BCUT2D eigenvalue weighted by atomic mass is 16.5. The lowest BCUT2D eigenvalue weighted by atomic mass is 10.2. The number of hydrogen-bond donors (Lipinski definition) is 0. The Balaban J connectivity index is 1.68. The molecule has 0 fully saturated rings. The lowest BCUT2D eigenvalue weighted by Crippen LogP contribution is -1.90. The highest BCUT2D eigenvalue weighted by Crippen LogP contribution is 2.00. The van der Waals surface area contributed by atoms with E-state index >= 15 is 0 Å². The molecule has 0 radical (unpaired) electrons. The second-order valence-electron chi connectivity index (χ2n) is 4.00. The highest BCUT2D eigenvalue weighted by molar-refractivity contribution is 5.48. The minimum atomic E-state index is 0.452. The molecule has 2 aromatic carbocycles. The molecule has 0 amide bonds. The van der Waals surface area contributed by atoms with Gasteiger partial charge in [0.25, 0.3) is 0 Å². The fraction of sp³-hybridized carbons (Fsp3) is 0.111. The molecule has 2 aromatic rings. The Hall–Kier alpha value is -2.30. The zero-order valence-corrected chi connectivity index (χ0v) is 10.8.